The van der Waals surface area contributed by atoms with Crippen LogP contribution in [0.1, 0.15) is 38.0 Å². The molecule has 1 aromatic rings. The molecule has 0 saturated heterocycles. The predicted molar refractivity (Wildman–Crippen MR) is 58.7 cm³/mol. The Labute approximate surface area is 89.7 Å². The van der Waals surface area contributed by atoms with Gasteiger partial charge >= 0.3 is 0 Å². The first-order valence-corrected chi connectivity index (χ1v) is 5.38. The average molecular weight is 210 g/mol. The van der Waals surface area contributed by atoms with Gasteiger partial charge in [0.05, 0.1) is 18.4 Å². The fourth-order valence-electron chi connectivity index (χ4n) is 1.32. The molecule has 0 spiro atoms. The van der Waals surface area contributed by atoms with Gasteiger partial charge in [-0.15, -0.1) is 0 Å². The van der Waals surface area contributed by atoms with Gasteiger partial charge in [0, 0.05) is 12.5 Å². The molecule has 1 unspecified atom stereocenters. The Hall–Kier alpha value is -1.09. The molecule has 1 heterocycles. The van der Waals surface area contributed by atoms with E-state index in [1.54, 1.807) is 0 Å². The molecule has 1 aromatic heterocycles. The zero-order valence-corrected chi connectivity index (χ0v) is 9.32. The Morgan fingerprint density at radius 3 is 2.80 bits per heavy atom. The molecular formula is C12H18O3. The van der Waals surface area contributed by atoms with E-state index in [4.69, 9.17) is 9.52 Å². The van der Waals surface area contributed by atoms with Crippen LogP contribution < -0.4 is 5.43 Å². The number of aliphatic hydroxyl groups is 1. The van der Waals surface area contributed by atoms with Crippen LogP contribution in [0, 0.1) is 5.92 Å². The maximum atomic E-state index is 11.4. The Kier molecular flexibility index (Phi) is 4.56. The molecule has 0 saturated carbocycles. The minimum absolute atomic E-state index is 0.136. The van der Waals surface area contributed by atoms with Crippen molar-refractivity contribution < 1.29 is 9.52 Å². The first-order valence-electron chi connectivity index (χ1n) is 5.38. The Morgan fingerprint density at radius 2 is 2.27 bits per heavy atom. The summed E-state index contributed by atoms with van der Waals surface area (Å²) in [7, 11) is 0. The smallest absolute Gasteiger partial charge is 0.190 e. The predicted octanol–water partition coefficient (Wildman–Crippen LogP) is 2.11. The molecule has 84 valence electrons. The SMILES string of the molecule is CCC(C)CCc1cc(=O)c(CO)co1. The van der Waals surface area contributed by atoms with Gasteiger partial charge in [0.2, 0.25) is 0 Å². The number of aliphatic hydroxyl groups excluding tert-OH is 1. The summed E-state index contributed by atoms with van der Waals surface area (Å²) in [6, 6.07) is 1.48. The summed E-state index contributed by atoms with van der Waals surface area (Å²) in [4.78, 5) is 11.4. The molecule has 0 amide bonds. The van der Waals surface area contributed by atoms with Crippen molar-refractivity contribution in [3.8, 4) is 0 Å². The summed E-state index contributed by atoms with van der Waals surface area (Å²) in [6.45, 7) is 4.07. The van der Waals surface area contributed by atoms with Crippen LogP contribution in [0.4, 0.5) is 0 Å². The lowest BCUT2D eigenvalue weighted by atomic mass is 10.0. The number of hydrogen-bond acceptors (Lipinski definition) is 3. The van der Waals surface area contributed by atoms with Gasteiger partial charge in [0.1, 0.15) is 5.76 Å². The molecule has 0 fully saturated rings. The van der Waals surface area contributed by atoms with Gasteiger partial charge in [-0.2, -0.15) is 0 Å². The maximum absolute atomic E-state index is 11.4. The standard InChI is InChI=1S/C12H18O3/c1-3-9(2)4-5-11-6-12(14)10(7-13)8-15-11/h6,8-9,13H,3-5,7H2,1-2H3. The van der Waals surface area contributed by atoms with E-state index in [9.17, 15) is 4.79 Å². The molecule has 15 heavy (non-hydrogen) atoms. The highest BCUT2D eigenvalue weighted by molar-refractivity contribution is 5.10. The van der Waals surface area contributed by atoms with Gasteiger partial charge in [0.25, 0.3) is 0 Å². The fourth-order valence-corrected chi connectivity index (χ4v) is 1.32. The lowest BCUT2D eigenvalue weighted by Crippen LogP contribution is -2.08. The quantitative estimate of drug-likeness (QED) is 0.809. The summed E-state index contributed by atoms with van der Waals surface area (Å²) in [5, 5.41) is 8.81. The van der Waals surface area contributed by atoms with Gasteiger partial charge in [-0.3, -0.25) is 4.79 Å². The second-order valence-corrected chi connectivity index (χ2v) is 3.95. The molecule has 1 atom stereocenters. The van der Waals surface area contributed by atoms with E-state index < -0.39 is 0 Å². The molecule has 0 bridgehead atoms. The largest absolute Gasteiger partial charge is 0.469 e. The average Bonchev–Trinajstić information content (AvgIpc) is 2.26. The van der Waals surface area contributed by atoms with Crippen LogP contribution in [-0.2, 0) is 13.0 Å². The van der Waals surface area contributed by atoms with Gasteiger partial charge in [-0.1, -0.05) is 20.3 Å². The van der Waals surface area contributed by atoms with Crippen molar-refractivity contribution in [2.24, 2.45) is 5.92 Å². The van der Waals surface area contributed by atoms with Gasteiger partial charge in [0.15, 0.2) is 5.43 Å². The number of rotatable bonds is 5. The van der Waals surface area contributed by atoms with E-state index in [0.717, 1.165) is 19.3 Å². The normalized spacial score (nSPS) is 12.7. The van der Waals surface area contributed by atoms with Crippen molar-refractivity contribution >= 4 is 0 Å². The van der Waals surface area contributed by atoms with Crippen LogP contribution >= 0.6 is 0 Å². The molecule has 0 aliphatic rings. The molecule has 3 heteroatoms. The molecule has 1 N–H and O–H groups in total. The minimum Gasteiger partial charge on any atom is -0.469 e. The topological polar surface area (TPSA) is 50.4 Å². The lowest BCUT2D eigenvalue weighted by Gasteiger charge is -2.06. The van der Waals surface area contributed by atoms with Crippen molar-refractivity contribution in [1.82, 2.24) is 0 Å². The van der Waals surface area contributed by atoms with Crippen LogP contribution in [-0.4, -0.2) is 5.11 Å². The second kappa shape index (κ2) is 5.71. The van der Waals surface area contributed by atoms with Crippen molar-refractivity contribution in [3.63, 3.8) is 0 Å². The first-order chi connectivity index (χ1) is 7.17. The summed E-state index contributed by atoms with van der Waals surface area (Å²) in [5.74, 6) is 1.35. The van der Waals surface area contributed by atoms with E-state index in [-0.39, 0.29) is 12.0 Å². The molecular weight excluding hydrogens is 192 g/mol. The highest BCUT2D eigenvalue weighted by atomic mass is 16.3. The van der Waals surface area contributed by atoms with Crippen LogP contribution in [0.25, 0.3) is 0 Å². The van der Waals surface area contributed by atoms with Gasteiger partial charge in [-0.05, 0) is 12.3 Å². The van der Waals surface area contributed by atoms with E-state index >= 15 is 0 Å². The fraction of sp³-hybridized carbons (Fsp3) is 0.583. The summed E-state index contributed by atoms with van der Waals surface area (Å²) < 4.78 is 5.27. The molecule has 1 rings (SSSR count). The molecule has 0 aliphatic heterocycles. The van der Waals surface area contributed by atoms with Crippen LogP contribution in [0.3, 0.4) is 0 Å². The maximum Gasteiger partial charge on any atom is 0.190 e. The molecule has 0 aromatic carbocycles. The number of aryl methyl sites for hydroxylation is 1. The van der Waals surface area contributed by atoms with Crippen LogP contribution in [0.2, 0.25) is 0 Å². The highest BCUT2D eigenvalue weighted by Crippen LogP contribution is 2.11. The van der Waals surface area contributed by atoms with Crippen LogP contribution in [0.5, 0.6) is 0 Å². The molecule has 0 aliphatic carbocycles. The number of hydrogen-bond donors (Lipinski definition) is 1. The Morgan fingerprint density at radius 1 is 1.53 bits per heavy atom. The third-order valence-corrected chi connectivity index (χ3v) is 2.71. The van der Waals surface area contributed by atoms with E-state index in [1.165, 1.54) is 12.3 Å². The zero-order chi connectivity index (χ0) is 11.3. The molecule has 3 nitrogen and oxygen atoms in total. The second-order valence-electron chi connectivity index (χ2n) is 3.95. The van der Waals surface area contributed by atoms with Crippen molar-refractivity contribution in [1.29, 1.82) is 0 Å². The van der Waals surface area contributed by atoms with Crippen molar-refractivity contribution in [2.75, 3.05) is 0 Å². The van der Waals surface area contributed by atoms with E-state index in [2.05, 4.69) is 13.8 Å². The van der Waals surface area contributed by atoms with E-state index in [1.807, 2.05) is 0 Å². The third-order valence-electron chi connectivity index (χ3n) is 2.71. The lowest BCUT2D eigenvalue weighted by molar-refractivity contribution is 0.275. The third kappa shape index (κ3) is 3.51. The Balaban J connectivity index is 2.64. The van der Waals surface area contributed by atoms with E-state index in [0.29, 0.717) is 17.2 Å². The van der Waals surface area contributed by atoms with Crippen molar-refractivity contribution in [3.05, 3.63) is 33.9 Å². The minimum atomic E-state index is -0.256. The Bertz CT molecular complexity index is 354. The summed E-state index contributed by atoms with van der Waals surface area (Å²) >= 11 is 0. The summed E-state index contributed by atoms with van der Waals surface area (Å²) in [5.41, 5.74) is 0.185. The monoisotopic (exact) mass is 210 g/mol. The highest BCUT2D eigenvalue weighted by Gasteiger charge is 2.04. The molecule has 0 radical (unpaired) electrons. The van der Waals surface area contributed by atoms with Crippen LogP contribution in [0.15, 0.2) is 21.5 Å². The van der Waals surface area contributed by atoms with Crippen molar-refractivity contribution in [2.45, 2.75) is 39.7 Å². The zero-order valence-electron chi connectivity index (χ0n) is 9.32. The van der Waals surface area contributed by atoms with Gasteiger partial charge < -0.3 is 9.52 Å². The van der Waals surface area contributed by atoms with Gasteiger partial charge in [-0.25, -0.2) is 0 Å². The summed E-state index contributed by atoms with van der Waals surface area (Å²) in [6.07, 6.45) is 4.31. The first kappa shape index (κ1) is 12.0.